The van der Waals surface area contributed by atoms with E-state index in [1.165, 1.54) is 12.6 Å². The molecule has 1 atom stereocenters. The third-order valence-electron chi connectivity index (χ3n) is 3.29. The van der Waals surface area contributed by atoms with Gasteiger partial charge in [0.1, 0.15) is 5.82 Å². The molecule has 1 N–H and O–H groups in total. The van der Waals surface area contributed by atoms with Crippen LogP contribution in [0.15, 0.2) is 12.3 Å². The van der Waals surface area contributed by atoms with E-state index in [9.17, 15) is 4.79 Å². The van der Waals surface area contributed by atoms with Gasteiger partial charge in [0.15, 0.2) is 0 Å². The minimum absolute atomic E-state index is 0.00505. The maximum absolute atomic E-state index is 12.4. The average molecular weight is 268 g/mol. The molecule has 1 unspecified atom stereocenters. The smallest absolute Gasteiger partial charge is 0.255 e. The highest BCUT2D eigenvalue weighted by molar-refractivity contribution is 6.33. The minimum Gasteiger partial charge on any atom is -0.373 e. The Labute approximate surface area is 112 Å². The molecular formula is C13H18ClN3O. The number of amides is 1. The van der Waals surface area contributed by atoms with Crippen LogP contribution in [-0.2, 0) is 0 Å². The molecule has 1 aliphatic heterocycles. The van der Waals surface area contributed by atoms with E-state index < -0.39 is 0 Å². The highest BCUT2D eigenvalue weighted by Crippen LogP contribution is 2.23. The van der Waals surface area contributed by atoms with Crippen molar-refractivity contribution in [3.8, 4) is 0 Å². The Balaban J connectivity index is 2.22. The summed E-state index contributed by atoms with van der Waals surface area (Å²) in [6, 6.07) is 1.71. The average Bonchev–Trinajstić information content (AvgIpc) is 2.38. The number of halogens is 1. The standard InChI is InChI=1S/C13H18ClN3O/c1-9-4-3-5-17(8-9)13(18)10-6-12(15-2)16-7-11(10)14/h6-7,9H,3-5,8H2,1-2H3,(H,15,16). The maximum atomic E-state index is 12.4. The number of nitrogens with zero attached hydrogens (tertiary/aromatic N) is 2. The lowest BCUT2D eigenvalue weighted by Gasteiger charge is -2.31. The molecule has 18 heavy (non-hydrogen) atoms. The Morgan fingerprint density at radius 3 is 3.06 bits per heavy atom. The van der Waals surface area contributed by atoms with Gasteiger partial charge in [-0.2, -0.15) is 0 Å². The summed E-state index contributed by atoms with van der Waals surface area (Å²) in [4.78, 5) is 18.4. The fourth-order valence-electron chi connectivity index (χ4n) is 2.28. The monoisotopic (exact) mass is 267 g/mol. The molecular weight excluding hydrogens is 250 g/mol. The van der Waals surface area contributed by atoms with Crippen LogP contribution in [-0.4, -0.2) is 35.9 Å². The van der Waals surface area contributed by atoms with E-state index in [2.05, 4.69) is 17.2 Å². The van der Waals surface area contributed by atoms with Crippen LogP contribution < -0.4 is 5.32 Å². The zero-order chi connectivity index (χ0) is 13.1. The number of hydrogen-bond acceptors (Lipinski definition) is 3. The number of hydrogen-bond donors (Lipinski definition) is 1. The van der Waals surface area contributed by atoms with Crippen molar-refractivity contribution in [2.45, 2.75) is 19.8 Å². The largest absolute Gasteiger partial charge is 0.373 e. The summed E-state index contributed by atoms with van der Waals surface area (Å²) in [5.41, 5.74) is 0.533. The van der Waals surface area contributed by atoms with Gasteiger partial charge in [-0.3, -0.25) is 4.79 Å². The lowest BCUT2D eigenvalue weighted by Crippen LogP contribution is -2.39. The van der Waals surface area contributed by atoms with Gasteiger partial charge < -0.3 is 10.2 Å². The van der Waals surface area contributed by atoms with Gasteiger partial charge in [-0.1, -0.05) is 18.5 Å². The van der Waals surface area contributed by atoms with Crippen LogP contribution in [0.4, 0.5) is 5.82 Å². The van der Waals surface area contributed by atoms with Crippen molar-refractivity contribution >= 4 is 23.3 Å². The Kier molecular flexibility index (Phi) is 4.07. The summed E-state index contributed by atoms with van der Waals surface area (Å²) in [5, 5.41) is 3.33. The first-order chi connectivity index (χ1) is 8.61. The Bertz CT molecular complexity index is 450. The molecule has 1 fully saturated rings. The minimum atomic E-state index is 0.00505. The quantitative estimate of drug-likeness (QED) is 0.896. The third kappa shape index (κ3) is 2.75. The van der Waals surface area contributed by atoms with Crippen LogP contribution in [0.25, 0.3) is 0 Å². The zero-order valence-corrected chi connectivity index (χ0v) is 11.5. The molecule has 0 bridgehead atoms. The summed E-state index contributed by atoms with van der Waals surface area (Å²) in [6.07, 6.45) is 3.78. The zero-order valence-electron chi connectivity index (χ0n) is 10.7. The molecule has 0 aliphatic carbocycles. The third-order valence-corrected chi connectivity index (χ3v) is 3.59. The number of carbonyl (C=O) groups is 1. The van der Waals surface area contributed by atoms with Crippen molar-refractivity contribution in [1.82, 2.24) is 9.88 Å². The highest BCUT2D eigenvalue weighted by Gasteiger charge is 2.23. The number of pyridine rings is 1. The van der Waals surface area contributed by atoms with E-state index in [1.54, 1.807) is 13.1 Å². The Morgan fingerprint density at radius 2 is 2.39 bits per heavy atom. The van der Waals surface area contributed by atoms with Crippen molar-refractivity contribution in [3.63, 3.8) is 0 Å². The molecule has 1 aromatic heterocycles. The number of aromatic nitrogens is 1. The van der Waals surface area contributed by atoms with Crippen LogP contribution in [0.1, 0.15) is 30.1 Å². The molecule has 0 saturated carbocycles. The first-order valence-corrected chi connectivity index (χ1v) is 6.62. The molecule has 0 spiro atoms. The predicted octanol–water partition coefficient (Wildman–Crippen LogP) is 2.65. The summed E-state index contributed by atoms with van der Waals surface area (Å²) >= 11 is 6.07. The van der Waals surface area contributed by atoms with E-state index in [0.717, 1.165) is 19.5 Å². The lowest BCUT2D eigenvalue weighted by atomic mass is 9.99. The Morgan fingerprint density at radius 1 is 1.61 bits per heavy atom. The molecule has 1 amide bonds. The first-order valence-electron chi connectivity index (χ1n) is 6.24. The van der Waals surface area contributed by atoms with E-state index in [4.69, 9.17) is 11.6 Å². The molecule has 1 aromatic rings. The lowest BCUT2D eigenvalue weighted by molar-refractivity contribution is 0.0683. The number of rotatable bonds is 2. The molecule has 0 aromatic carbocycles. The second-order valence-electron chi connectivity index (χ2n) is 4.80. The van der Waals surface area contributed by atoms with Gasteiger partial charge in [-0.25, -0.2) is 4.98 Å². The number of likely N-dealkylation sites (tertiary alicyclic amines) is 1. The molecule has 98 valence electrons. The SMILES string of the molecule is CNc1cc(C(=O)N2CCCC(C)C2)c(Cl)cn1. The van der Waals surface area contributed by atoms with Crippen molar-refractivity contribution in [2.75, 3.05) is 25.5 Å². The van der Waals surface area contributed by atoms with Gasteiger partial charge in [0.25, 0.3) is 5.91 Å². The number of nitrogens with one attached hydrogen (secondary N) is 1. The normalized spacial score (nSPS) is 19.7. The summed E-state index contributed by atoms with van der Waals surface area (Å²) in [5.74, 6) is 1.23. The van der Waals surface area contributed by atoms with E-state index in [-0.39, 0.29) is 5.91 Å². The van der Waals surface area contributed by atoms with Crippen LogP contribution in [0.5, 0.6) is 0 Å². The predicted molar refractivity (Wildman–Crippen MR) is 73.1 cm³/mol. The van der Waals surface area contributed by atoms with Crippen LogP contribution >= 0.6 is 11.6 Å². The van der Waals surface area contributed by atoms with Crippen molar-refractivity contribution in [2.24, 2.45) is 5.92 Å². The number of carbonyl (C=O) groups excluding carboxylic acids is 1. The summed E-state index contributed by atoms with van der Waals surface area (Å²) < 4.78 is 0. The topological polar surface area (TPSA) is 45.2 Å². The van der Waals surface area contributed by atoms with Crippen LogP contribution in [0.2, 0.25) is 5.02 Å². The molecule has 0 radical (unpaired) electrons. The van der Waals surface area contributed by atoms with Crippen molar-refractivity contribution in [3.05, 3.63) is 22.8 Å². The van der Waals surface area contributed by atoms with E-state index >= 15 is 0 Å². The van der Waals surface area contributed by atoms with Gasteiger partial charge in [0.2, 0.25) is 0 Å². The van der Waals surface area contributed by atoms with E-state index in [0.29, 0.717) is 22.3 Å². The summed E-state index contributed by atoms with van der Waals surface area (Å²) in [6.45, 7) is 3.80. The number of anilines is 1. The molecule has 2 heterocycles. The molecule has 4 nitrogen and oxygen atoms in total. The maximum Gasteiger partial charge on any atom is 0.255 e. The first kappa shape index (κ1) is 13.1. The van der Waals surface area contributed by atoms with Gasteiger partial charge in [-0.05, 0) is 24.8 Å². The second kappa shape index (κ2) is 5.57. The van der Waals surface area contributed by atoms with Gasteiger partial charge in [0, 0.05) is 26.3 Å². The van der Waals surface area contributed by atoms with Crippen molar-refractivity contribution in [1.29, 1.82) is 0 Å². The fourth-order valence-corrected chi connectivity index (χ4v) is 2.47. The van der Waals surface area contributed by atoms with Gasteiger partial charge in [-0.15, -0.1) is 0 Å². The molecule has 2 rings (SSSR count). The van der Waals surface area contributed by atoms with Crippen molar-refractivity contribution < 1.29 is 4.79 Å². The van der Waals surface area contributed by atoms with Gasteiger partial charge >= 0.3 is 0 Å². The summed E-state index contributed by atoms with van der Waals surface area (Å²) in [7, 11) is 1.77. The van der Waals surface area contributed by atoms with E-state index in [1.807, 2.05) is 4.90 Å². The molecule has 1 aliphatic rings. The van der Waals surface area contributed by atoms with Crippen LogP contribution in [0.3, 0.4) is 0 Å². The fraction of sp³-hybridized carbons (Fsp3) is 0.538. The number of piperidine rings is 1. The second-order valence-corrected chi connectivity index (χ2v) is 5.21. The molecule has 5 heteroatoms. The molecule has 1 saturated heterocycles. The highest BCUT2D eigenvalue weighted by atomic mass is 35.5. The van der Waals surface area contributed by atoms with Gasteiger partial charge in [0.05, 0.1) is 10.6 Å². The Hall–Kier alpha value is -1.29. The van der Waals surface area contributed by atoms with Crippen LogP contribution in [0, 0.1) is 5.92 Å².